The molecule has 2 heterocycles. The first kappa shape index (κ1) is 18.5. The Morgan fingerprint density at radius 2 is 1.76 bits per heavy atom. The molecule has 127 valence electrons. The molecule has 2 aromatic heterocycles. The predicted octanol–water partition coefficient (Wildman–Crippen LogP) is 4.07. The second-order valence-electron chi connectivity index (χ2n) is 4.78. The monoisotopic (exact) mass is 510 g/mol. The van der Waals surface area contributed by atoms with E-state index in [-0.39, 0.29) is 26.0 Å². The molecule has 4 rings (SSSR count). The van der Waals surface area contributed by atoms with Crippen LogP contribution in [0.15, 0.2) is 77.3 Å². The number of oxazole rings is 1. The van der Waals surface area contributed by atoms with Crippen LogP contribution in [0.5, 0.6) is 0 Å². The topological polar surface area (TPSA) is 76.2 Å². The quantitative estimate of drug-likeness (QED) is 0.413. The van der Waals surface area contributed by atoms with E-state index in [9.17, 15) is 4.79 Å². The summed E-state index contributed by atoms with van der Waals surface area (Å²) >= 11 is 0. The standard InChI is InChI=1S/C11H8N.C8H5NO3.Ir/c1-2-6-10(7-3-1)11-8-4-5-9-12-11;10-8(11)7-9-5-3-1-2-4-6(5)12-7;/h1-6,8-9H;1-4H,(H,10,11);/q-1;;. The normalized spacial score (nSPS) is 9.60. The van der Waals surface area contributed by atoms with Gasteiger partial charge in [0.2, 0.25) is 0 Å². The molecule has 1 N–H and O–H groups in total. The van der Waals surface area contributed by atoms with Gasteiger partial charge in [0, 0.05) is 26.3 Å². The van der Waals surface area contributed by atoms with E-state index < -0.39 is 5.97 Å². The number of carbonyl (C=O) groups is 1. The van der Waals surface area contributed by atoms with Gasteiger partial charge in [-0.2, -0.15) is 0 Å². The molecule has 1 radical (unpaired) electrons. The summed E-state index contributed by atoms with van der Waals surface area (Å²) in [6.45, 7) is 0. The second-order valence-corrected chi connectivity index (χ2v) is 4.78. The molecular weight excluding hydrogens is 496 g/mol. The van der Waals surface area contributed by atoms with Gasteiger partial charge in [-0.15, -0.1) is 35.9 Å². The number of fused-ring (bicyclic) bond motifs is 1. The SMILES string of the molecule is O=C(O)c1nc2ccccc2o1.[Ir].[c-]1ccccc1-c1ccccn1. The summed E-state index contributed by atoms with van der Waals surface area (Å²) < 4.78 is 4.92. The van der Waals surface area contributed by atoms with Crippen molar-refractivity contribution in [2.75, 3.05) is 0 Å². The number of nitrogens with zero attached hydrogens (tertiary/aromatic N) is 2. The molecule has 0 amide bonds. The van der Waals surface area contributed by atoms with Crippen molar-refractivity contribution in [1.29, 1.82) is 0 Å². The Morgan fingerprint density at radius 1 is 1.00 bits per heavy atom. The summed E-state index contributed by atoms with van der Waals surface area (Å²) in [7, 11) is 0. The fourth-order valence-corrected chi connectivity index (χ4v) is 2.04. The van der Waals surface area contributed by atoms with Crippen molar-refractivity contribution in [2.24, 2.45) is 0 Å². The number of para-hydroxylation sites is 2. The zero-order valence-electron chi connectivity index (χ0n) is 12.9. The molecule has 0 atom stereocenters. The van der Waals surface area contributed by atoms with E-state index in [0.29, 0.717) is 11.1 Å². The van der Waals surface area contributed by atoms with Crippen LogP contribution in [-0.4, -0.2) is 21.0 Å². The molecule has 5 nitrogen and oxygen atoms in total. The number of aromatic carboxylic acids is 1. The molecule has 0 saturated heterocycles. The maximum absolute atomic E-state index is 10.4. The number of hydrogen-bond donors (Lipinski definition) is 1. The number of aromatic nitrogens is 2. The minimum absolute atomic E-state index is 0. The van der Waals surface area contributed by atoms with Crippen molar-refractivity contribution in [1.82, 2.24) is 9.97 Å². The molecule has 0 fully saturated rings. The van der Waals surface area contributed by atoms with Crippen LogP contribution in [0.1, 0.15) is 10.7 Å². The Hall–Kier alpha value is -2.82. The van der Waals surface area contributed by atoms with Gasteiger partial charge < -0.3 is 14.5 Å². The van der Waals surface area contributed by atoms with Gasteiger partial charge in [-0.05, 0) is 23.9 Å². The third-order valence-electron chi connectivity index (χ3n) is 3.13. The van der Waals surface area contributed by atoms with Crippen molar-refractivity contribution in [3.63, 3.8) is 0 Å². The van der Waals surface area contributed by atoms with Crippen LogP contribution >= 0.6 is 0 Å². The van der Waals surface area contributed by atoms with Gasteiger partial charge in [-0.3, -0.25) is 0 Å². The number of hydrogen-bond acceptors (Lipinski definition) is 4. The first-order valence-electron chi connectivity index (χ1n) is 7.21. The Balaban J connectivity index is 0.000000173. The average Bonchev–Trinajstić information content (AvgIpc) is 3.08. The molecular formula is C19H13IrN2O3-. The van der Waals surface area contributed by atoms with Crippen LogP contribution in [-0.2, 0) is 20.1 Å². The van der Waals surface area contributed by atoms with Gasteiger partial charge in [0.1, 0.15) is 5.52 Å². The Labute approximate surface area is 157 Å². The average molecular weight is 510 g/mol. The Morgan fingerprint density at radius 3 is 2.40 bits per heavy atom. The summed E-state index contributed by atoms with van der Waals surface area (Å²) in [5.41, 5.74) is 3.07. The van der Waals surface area contributed by atoms with E-state index in [1.54, 1.807) is 30.5 Å². The summed E-state index contributed by atoms with van der Waals surface area (Å²) in [6.07, 6.45) is 1.79. The molecule has 2 aromatic carbocycles. The maximum atomic E-state index is 10.4. The number of carboxylic acids is 1. The zero-order valence-corrected chi connectivity index (χ0v) is 15.3. The van der Waals surface area contributed by atoms with E-state index in [4.69, 9.17) is 9.52 Å². The fraction of sp³-hybridized carbons (Fsp3) is 0. The molecule has 0 unspecified atom stereocenters. The van der Waals surface area contributed by atoms with Gasteiger partial charge in [-0.1, -0.05) is 24.3 Å². The maximum Gasteiger partial charge on any atom is 0.392 e. The van der Waals surface area contributed by atoms with Crippen molar-refractivity contribution in [3.8, 4) is 11.3 Å². The zero-order chi connectivity index (χ0) is 16.8. The van der Waals surface area contributed by atoms with Crippen molar-refractivity contribution in [3.05, 3.63) is 84.9 Å². The number of benzene rings is 2. The first-order valence-corrected chi connectivity index (χ1v) is 7.21. The smallest absolute Gasteiger partial charge is 0.392 e. The molecule has 0 aliphatic rings. The summed E-state index contributed by atoms with van der Waals surface area (Å²) in [4.78, 5) is 18.4. The van der Waals surface area contributed by atoms with Crippen LogP contribution in [0.2, 0.25) is 0 Å². The Bertz CT molecular complexity index is 870. The fourth-order valence-electron chi connectivity index (χ4n) is 2.04. The molecule has 25 heavy (non-hydrogen) atoms. The van der Waals surface area contributed by atoms with E-state index >= 15 is 0 Å². The summed E-state index contributed by atoms with van der Waals surface area (Å²) in [5, 5.41) is 8.53. The van der Waals surface area contributed by atoms with Crippen LogP contribution in [0.4, 0.5) is 0 Å². The largest absolute Gasteiger partial charge is 0.474 e. The van der Waals surface area contributed by atoms with Gasteiger partial charge in [0.15, 0.2) is 5.58 Å². The van der Waals surface area contributed by atoms with Crippen LogP contribution < -0.4 is 0 Å². The van der Waals surface area contributed by atoms with Crippen molar-refractivity contribution >= 4 is 17.1 Å². The molecule has 0 aliphatic carbocycles. The molecule has 6 heteroatoms. The third kappa shape index (κ3) is 4.83. The number of pyridine rings is 1. The summed E-state index contributed by atoms with van der Waals surface area (Å²) in [6, 6.07) is 23.7. The number of carboxylic acid groups (broad SMARTS) is 1. The first-order chi connectivity index (χ1) is 11.7. The minimum atomic E-state index is -1.15. The molecule has 0 bridgehead atoms. The van der Waals surface area contributed by atoms with E-state index in [1.807, 2.05) is 42.5 Å². The molecule has 0 spiro atoms. The van der Waals surface area contributed by atoms with Crippen LogP contribution in [0, 0.1) is 6.07 Å². The van der Waals surface area contributed by atoms with E-state index in [0.717, 1.165) is 11.3 Å². The van der Waals surface area contributed by atoms with Gasteiger partial charge in [-0.25, -0.2) is 9.78 Å². The van der Waals surface area contributed by atoms with E-state index in [1.165, 1.54) is 0 Å². The molecule has 0 saturated carbocycles. The molecule has 0 aliphatic heterocycles. The van der Waals surface area contributed by atoms with Crippen LogP contribution in [0.25, 0.3) is 22.4 Å². The molecule has 4 aromatic rings. The van der Waals surface area contributed by atoms with Gasteiger partial charge >= 0.3 is 11.9 Å². The van der Waals surface area contributed by atoms with Gasteiger partial charge in [0.25, 0.3) is 0 Å². The predicted molar refractivity (Wildman–Crippen MR) is 89.5 cm³/mol. The van der Waals surface area contributed by atoms with Crippen molar-refractivity contribution < 1.29 is 34.4 Å². The van der Waals surface area contributed by atoms with Crippen LogP contribution in [0.3, 0.4) is 0 Å². The van der Waals surface area contributed by atoms with Gasteiger partial charge in [0.05, 0.1) is 0 Å². The van der Waals surface area contributed by atoms with Crippen molar-refractivity contribution in [2.45, 2.75) is 0 Å². The Kier molecular flexibility index (Phi) is 6.57. The third-order valence-corrected chi connectivity index (χ3v) is 3.13. The van der Waals surface area contributed by atoms with E-state index in [2.05, 4.69) is 16.0 Å². The second kappa shape index (κ2) is 8.87. The summed E-state index contributed by atoms with van der Waals surface area (Å²) in [5.74, 6) is -1.41. The number of rotatable bonds is 2. The minimum Gasteiger partial charge on any atom is -0.474 e.